The zero-order valence-corrected chi connectivity index (χ0v) is 10.8. The van der Waals surface area contributed by atoms with Crippen molar-refractivity contribution < 1.29 is 0 Å². The van der Waals surface area contributed by atoms with E-state index in [4.69, 9.17) is 0 Å². The van der Waals surface area contributed by atoms with E-state index in [-0.39, 0.29) is 0 Å². The van der Waals surface area contributed by atoms with Crippen LogP contribution in [0.5, 0.6) is 0 Å². The number of nitrogens with zero attached hydrogens (tertiary/aromatic N) is 1. The van der Waals surface area contributed by atoms with Crippen LogP contribution in [0.15, 0.2) is 12.1 Å². The second kappa shape index (κ2) is 6.48. The second-order valence-corrected chi connectivity index (χ2v) is 4.37. The van der Waals surface area contributed by atoms with Crippen molar-refractivity contribution in [3.63, 3.8) is 0 Å². The Labute approximate surface area is 98.7 Å². The van der Waals surface area contributed by atoms with E-state index in [0.29, 0.717) is 5.92 Å². The summed E-state index contributed by atoms with van der Waals surface area (Å²) in [5.74, 6) is 1.43. The molecule has 90 valence electrons. The summed E-state index contributed by atoms with van der Waals surface area (Å²) < 4.78 is 0. The van der Waals surface area contributed by atoms with Gasteiger partial charge in [-0.2, -0.15) is 0 Å². The molecular formula is C13H23N3. The Morgan fingerprint density at radius 2 is 2.06 bits per heavy atom. The van der Waals surface area contributed by atoms with Gasteiger partial charge in [0, 0.05) is 19.3 Å². The van der Waals surface area contributed by atoms with Gasteiger partial charge in [-0.15, -0.1) is 0 Å². The van der Waals surface area contributed by atoms with Gasteiger partial charge in [-0.3, -0.25) is 0 Å². The largest absolute Gasteiger partial charge is 0.373 e. The molecule has 16 heavy (non-hydrogen) atoms. The highest BCUT2D eigenvalue weighted by molar-refractivity contribution is 5.39. The molecule has 0 radical (unpaired) electrons. The SMILES string of the molecule is CCCNCc1cc(NC)nc(C(C)C)c1. The summed E-state index contributed by atoms with van der Waals surface area (Å²) in [5, 5.41) is 6.53. The standard InChI is InChI=1S/C13H23N3/c1-5-6-15-9-11-7-12(10(2)3)16-13(8-11)14-4/h7-8,10,15H,5-6,9H2,1-4H3,(H,14,16). The maximum Gasteiger partial charge on any atom is 0.126 e. The Hall–Kier alpha value is -1.09. The van der Waals surface area contributed by atoms with Gasteiger partial charge in [0.15, 0.2) is 0 Å². The Morgan fingerprint density at radius 3 is 2.62 bits per heavy atom. The van der Waals surface area contributed by atoms with Crippen molar-refractivity contribution in [1.82, 2.24) is 10.3 Å². The Bertz CT molecular complexity index is 321. The van der Waals surface area contributed by atoms with Gasteiger partial charge in [-0.25, -0.2) is 4.98 Å². The minimum atomic E-state index is 0.471. The van der Waals surface area contributed by atoms with Gasteiger partial charge >= 0.3 is 0 Å². The van der Waals surface area contributed by atoms with Crippen LogP contribution in [0.4, 0.5) is 5.82 Å². The highest BCUT2D eigenvalue weighted by Gasteiger charge is 2.05. The average molecular weight is 221 g/mol. The van der Waals surface area contributed by atoms with Crippen molar-refractivity contribution in [2.24, 2.45) is 0 Å². The summed E-state index contributed by atoms with van der Waals surface area (Å²) in [7, 11) is 1.91. The highest BCUT2D eigenvalue weighted by atomic mass is 15.0. The van der Waals surface area contributed by atoms with Crippen LogP contribution in [0.3, 0.4) is 0 Å². The highest BCUT2D eigenvalue weighted by Crippen LogP contribution is 2.17. The Kier molecular flexibility index (Phi) is 5.26. The van der Waals surface area contributed by atoms with Crippen LogP contribution < -0.4 is 10.6 Å². The summed E-state index contributed by atoms with van der Waals surface area (Å²) >= 11 is 0. The second-order valence-electron chi connectivity index (χ2n) is 4.37. The molecule has 0 saturated heterocycles. The first-order valence-electron chi connectivity index (χ1n) is 6.06. The fourth-order valence-electron chi connectivity index (χ4n) is 1.55. The first-order chi connectivity index (χ1) is 7.67. The third-order valence-electron chi connectivity index (χ3n) is 2.51. The van der Waals surface area contributed by atoms with Gasteiger partial charge in [0.25, 0.3) is 0 Å². The van der Waals surface area contributed by atoms with Crippen LogP contribution in [-0.2, 0) is 6.54 Å². The van der Waals surface area contributed by atoms with E-state index in [9.17, 15) is 0 Å². The van der Waals surface area contributed by atoms with E-state index in [0.717, 1.165) is 24.6 Å². The monoisotopic (exact) mass is 221 g/mol. The van der Waals surface area contributed by atoms with Gasteiger partial charge in [-0.05, 0) is 36.6 Å². The molecule has 0 unspecified atom stereocenters. The summed E-state index contributed by atoms with van der Waals surface area (Å²) in [4.78, 5) is 4.54. The summed E-state index contributed by atoms with van der Waals surface area (Å²) in [5.41, 5.74) is 2.46. The first-order valence-corrected chi connectivity index (χ1v) is 6.06. The molecule has 0 fully saturated rings. The molecule has 0 aliphatic rings. The molecule has 1 aromatic rings. The van der Waals surface area contributed by atoms with E-state index >= 15 is 0 Å². The lowest BCUT2D eigenvalue weighted by atomic mass is 10.1. The van der Waals surface area contributed by atoms with E-state index < -0.39 is 0 Å². The molecule has 0 atom stereocenters. The number of anilines is 1. The van der Waals surface area contributed by atoms with Crippen LogP contribution >= 0.6 is 0 Å². The predicted molar refractivity (Wildman–Crippen MR) is 69.9 cm³/mol. The molecule has 3 heteroatoms. The number of pyridine rings is 1. The van der Waals surface area contributed by atoms with Crippen molar-refractivity contribution in [1.29, 1.82) is 0 Å². The van der Waals surface area contributed by atoms with Gasteiger partial charge < -0.3 is 10.6 Å². The lowest BCUT2D eigenvalue weighted by Gasteiger charge is -2.11. The van der Waals surface area contributed by atoms with Crippen molar-refractivity contribution in [2.75, 3.05) is 18.9 Å². The average Bonchev–Trinajstić information content (AvgIpc) is 2.29. The van der Waals surface area contributed by atoms with Crippen LogP contribution in [0.2, 0.25) is 0 Å². The Balaban J connectivity index is 2.78. The molecule has 1 heterocycles. The third kappa shape index (κ3) is 3.81. The van der Waals surface area contributed by atoms with Crippen LogP contribution in [0, 0.1) is 0 Å². The maximum absolute atomic E-state index is 4.54. The van der Waals surface area contributed by atoms with E-state index in [1.165, 1.54) is 12.0 Å². The molecular weight excluding hydrogens is 198 g/mol. The topological polar surface area (TPSA) is 37.0 Å². The zero-order chi connectivity index (χ0) is 12.0. The summed E-state index contributed by atoms with van der Waals surface area (Å²) in [6, 6.07) is 4.29. The number of nitrogens with one attached hydrogen (secondary N) is 2. The minimum absolute atomic E-state index is 0.471. The molecule has 0 amide bonds. The molecule has 0 aromatic carbocycles. The normalized spacial score (nSPS) is 10.8. The van der Waals surface area contributed by atoms with E-state index in [1.54, 1.807) is 0 Å². The van der Waals surface area contributed by atoms with Crippen molar-refractivity contribution in [3.8, 4) is 0 Å². The molecule has 0 aliphatic heterocycles. The van der Waals surface area contributed by atoms with Gasteiger partial charge in [0.1, 0.15) is 5.82 Å². The molecule has 0 saturated carbocycles. The van der Waals surface area contributed by atoms with E-state index in [2.05, 4.69) is 48.5 Å². The number of rotatable bonds is 6. The number of aromatic nitrogens is 1. The minimum Gasteiger partial charge on any atom is -0.373 e. The molecule has 1 rings (SSSR count). The summed E-state index contributed by atoms with van der Waals surface area (Å²) in [6.45, 7) is 8.51. The number of hydrogen-bond acceptors (Lipinski definition) is 3. The lowest BCUT2D eigenvalue weighted by Crippen LogP contribution is -2.14. The van der Waals surface area contributed by atoms with Gasteiger partial charge in [0.05, 0.1) is 0 Å². The van der Waals surface area contributed by atoms with Crippen LogP contribution in [0.1, 0.15) is 44.4 Å². The van der Waals surface area contributed by atoms with Crippen molar-refractivity contribution in [3.05, 3.63) is 23.4 Å². The maximum atomic E-state index is 4.54. The molecule has 2 N–H and O–H groups in total. The van der Waals surface area contributed by atoms with Crippen molar-refractivity contribution in [2.45, 2.75) is 39.7 Å². The lowest BCUT2D eigenvalue weighted by molar-refractivity contribution is 0.673. The van der Waals surface area contributed by atoms with Gasteiger partial charge in [-0.1, -0.05) is 20.8 Å². The van der Waals surface area contributed by atoms with E-state index in [1.807, 2.05) is 7.05 Å². The molecule has 1 aromatic heterocycles. The fourth-order valence-corrected chi connectivity index (χ4v) is 1.55. The molecule has 3 nitrogen and oxygen atoms in total. The van der Waals surface area contributed by atoms with Gasteiger partial charge in [0.2, 0.25) is 0 Å². The van der Waals surface area contributed by atoms with Crippen LogP contribution in [0.25, 0.3) is 0 Å². The zero-order valence-electron chi connectivity index (χ0n) is 10.8. The summed E-state index contributed by atoms with van der Waals surface area (Å²) in [6.07, 6.45) is 1.17. The quantitative estimate of drug-likeness (QED) is 0.725. The molecule has 0 aliphatic carbocycles. The van der Waals surface area contributed by atoms with Crippen LogP contribution in [-0.4, -0.2) is 18.6 Å². The third-order valence-corrected chi connectivity index (χ3v) is 2.51. The fraction of sp³-hybridized carbons (Fsp3) is 0.615. The smallest absolute Gasteiger partial charge is 0.126 e. The Morgan fingerprint density at radius 1 is 1.31 bits per heavy atom. The molecule has 0 spiro atoms. The first kappa shape index (κ1) is 13.0. The molecule has 0 bridgehead atoms. The number of hydrogen-bond donors (Lipinski definition) is 2. The predicted octanol–water partition coefficient (Wildman–Crippen LogP) is 2.75. The van der Waals surface area contributed by atoms with Crippen molar-refractivity contribution >= 4 is 5.82 Å².